The lowest BCUT2D eigenvalue weighted by molar-refractivity contribution is 0.211. The SMILES string of the molecule is CCOc1ccc(C2=CC(O)CCCC2)cc1OCC. The van der Waals surface area contributed by atoms with E-state index in [9.17, 15) is 5.11 Å². The largest absolute Gasteiger partial charge is 0.490 e. The van der Waals surface area contributed by atoms with E-state index in [1.54, 1.807) is 0 Å². The van der Waals surface area contributed by atoms with E-state index in [0.29, 0.717) is 13.2 Å². The molecule has 1 unspecified atom stereocenters. The summed E-state index contributed by atoms with van der Waals surface area (Å²) < 4.78 is 11.2. The van der Waals surface area contributed by atoms with Gasteiger partial charge in [0.25, 0.3) is 0 Å². The number of allylic oxidation sites excluding steroid dienone is 1. The van der Waals surface area contributed by atoms with Gasteiger partial charge in [0.2, 0.25) is 0 Å². The molecule has 1 aliphatic rings. The van der Waals surface area contributed by atoms with Crippen LogP contribution < -0.4 is 9.47 Å². The van der Waals surface area contributed by atoms with Crippen molar-refractivity contribution in [1.82, 2.24) is 0 Å². The third-order valence-corrected chi connectivity index (χ3v) is 3.50. The zero-order valence-corrected chi connectivity index (χ0v) is 12.4. The maximum absolute atomic E-state index is 9.90. The zero-order chi connectivity index (χ0) is 14.4. The van der Waals surface area contributed by atoms with Crippen LogP contribution in [0.3, 0.4) is 0 Å². The van der Waals surface area contributed by atoms with Gasteiger partial charge in [-0.3, -0.25) is 0 Å². The first-order valence-corrected chi connectivity index (χ1v) is 7.53. The highest BCUT2D eigenvalue weighted by molar-refractivity contribution is 5.68. The van der Waals surface area contributed by atoms with Crippen molar-refractivity contribution < 1.29 is 14.6 Å². The summed E-state index contributed by atoms with van der Waals surface area (Å²) in [4.78, 5) is 0. The highest BCUT2D eigenvalue weighted by atomic mass is 16.5. The van der Waals surface area contributed by atoms with E-state index in [4.69, 9.17) is 9.47 Å². The summed E-state index contributed by atoms with van der Waals surface area (Å²) in [5, 5.41) is 9.90. The molecule has 3 heteroatoms. The zero-order valence-electron chi connectivity index (χ0n) is 12.4. The highest BCUT2D eigenvalue weighted by Gasteiger charge is 2.13. The Morgan fingerprint density at radius 1 is 1.10 bits per heavy atom. The van der Waals surface area contributed by atoms with Crippen LogP contribution in [-0.4, -0.2) is 24.4 Å². The van der Waals surface area contributed by atoms with Gasteiger partial charge in [-0.25, -0.2) is 0 Å². The van der Waals surface area contributed by atoms with E-state index in [2.05, 4.69) is 6.07 Å². The lowest BCUT2D eigenvalue weighted by atomic mass is 10.0. The molecule has 0 fully saturated rings. The first-order valence-electron chi connectivity index (χ1n) is 7.53. The first-order chi connectivity index (χ1) is 9.74. The van der Waals surface area contributed by atoms with Crippen LogP contribution in [0.25, 0.3) is 5.57 Å². The summed E-state index contributed by atoms with van der Waals surface area (Å²) in [6.45, 7) is 5.18. The van der Waals surface area contributed by atoms with Gasteiger partial charge in [0, 0.05) is 0 Å². The van der Waals surface area contributed by atoms with Gasteiger partial charge in [0.05, 0.1) is 19.3 Å². The Morgan fingerprint density at radius 2 is 1.85 bits per heavy atom. The summed E-state index contributed by atoms with van der Waals surface area (Å²) in [6, 6.07) is 6.04. The molecule has 110 valence electrons. The molecule has 0 aliphatic heterocycles. The van der Waals surface area contributed by atoms with Gasteiger partial charge in [-0.2, -0.15) is 0 Å². The minimum Gasteiger partial charge on any atom is -0.490 e. The fourth-order valence-corrected chi connectivity index (χ4v) is 2.56. The second-order valence-corrected chi connectivity index (χ2v) is 5.03. The molecule has 0 spiro atoms. The number of ether oxygens (including phenoxy) is 2. The van der Waals surface area contributed by atoms with Crippen molar-refractivity contribution in [3.8, 4) is 11.5 Å². The van der Waals surface area contributed by atoms with Crippen molar-refractivity contribution in [1.29, 1.82) is 0 Å². The van der Waals surface area contributed by atoms with Gasteiger partial charge >= 0.3 is 0 Å². The van der Waals surface area contributed by atoms with Gasteiger partial charge in [0.1, 0.15) is 0 Å². The van der Waals surface area contributed by atoms with E-state index in [1.165, 1.54) is 5.57 Å². The molecule has 0 amide bonds. The molecule has 1 aromatic carbocycles. The van der Waals surface area contributed by atoms with Gasteiger partial charge in [-0.05, 0) is 56.4 Å². The van der Waals surface area contributed by atoms with E-state index in [0.717, 1.165) is 42.7 Å². The Morgan fingerprint density at radius 3 is 2.60 bits per heavy atom. The van der Waals surface area contributed by atoms with Gasteiger partial charge in [-0.1, -0.05) is 18.6 Å². The Labute approximate surface area is 121 Å². The average molecular weight is 276 g/mol. The summed E-state index contributed by atoms with van der Waals surface area (Å²) in [5.74, 6) is 1.57. The minimum absolute atomic E-state index is 0.324. The van der Waals surface area contributed by atoms with Crippen molar-refractivity contribution in [2.75, 3.05) is 13.2 Å². The molecular weight excluding hydrogens is 252 g/mol. The van der Waals surface area contributed by atoms with Gasteiger partial charge in [0.15, 0.2) is 11.5 Å². The normalized spacial score (nSPS) is 19.1. The van der Waals surface area contributed by atoms with E-state index >= 15 is 0 Å². The average Bonchev–Trinajstić information content (AvgIpc) is 2.66. The third kappa shape index (κ3) is 3.76. The van der Waals surface area contributed by atoms with Crippen LogP contribution in [0.5, 0.6) is 11.5 Å². The van der Waals surface area contributed by atoms with Crippen LogP contribution in [0.2, 0.25) is 0 Å². The molecule has 2 rings (SSSR count). The Kier molecular flexibility index (Phi) is 5.48. The molecule has 0 heterocycles. The second-order valence-electron chi connectivity index (χ2n) is 5.03. The molecule has 20 heavy (non-hydrogen) atoms. The first kappa shape index (κ1) is 14.9. The summed E-state index contributed by atoms with van der Waals surface area (Å²) in [5.41, 5.74) is 2.33. The number of hydrogen-bond acceptors (Lipinski definition) is 3. The van der Waals surface area contributed by atoms with Crippen LogP contribution in [0.4, 0.5) is 0 Å². The van der Waals surface area contributed by atoms with Crippen LogP contribution in [0.1, 0.15) is 45.1 Å². The predicted octanol–water partition coefficient (Wildman–Crippen LogP) is 3.80. The van der Waals surface area contributed by atoms with Crippen LogP contribution in [-0.2, 0) is 0 Å². The number of benzene rings is 1. The molecule has 0 saturated heterocycles. The topological polar surface area (TPSA) is 38.7 Å². The molecule has 0 bridgehead atoms. The maximum Gasteiger partial charge on any atom is 0.161 e. The summed E-state index contributed by atoms with van der Waals surface area (Å²) >= 11 is 0. The quantitative estimate of drug-likeness (QED) is 0.889. The van der Waals surface area contributed by atoms with Gasteiger partial charge < -0.3 is 14.6 Å². The van der Waals surface area contributed by atoms with Crippen LogP contribution >= 0.6 is 0 Å². The van der Waals surface area contributed by atoms with Crippen molar-refractivity contribution >= 4 is 5.57 Å². The molecule has 1 aromatic rings. The lowest BCUT2D eigenvalue weighted by Crippen LogP contribution is -2.01. The summed E-state index contributed by atoms with van der Waals surface area (Å²) in [6.07, 6.45) is 5.74. The van der Waals surface area contributed by atoms with Gasteiger partial charge in [-0.15, -0.1) is 0 Å². The molecule has 1 atom stereocenters. The highest BCUT2D eigenvalue weighted by Crippen LogP contribution is 2.34. The third-order valence-electron chi connectivity index (χ3n) is 3.50. The fourth-order valence-electron chi connectivity index (χ4n) is 2.56. The van der Waals surface area contributed by atoms with Crippen molar-refractivity contribution in [3.05, 3.63) is 29.8 Å². The minimum atomic E-state index is -0.324. The smallest absolute Gasteiger partial charge is 0.161 e. The molecule has 0 saturated carbocycles. The standard InChI is InChI=1S/C17H24O3/c1-3-19-16-10-9-14(12-17(16)20-4-2)13-7-5-6-8-15(18)11-13/h9-12,15,18H,3-8H2,1-2H3. The summed E-state index contributed by atoms with van der Waals surface area (Å²) in [7, 11) is 0. The van der Waals surface area contributed by atoms with Crippen molar-refractivity contribution in [2.45, 2.75) is 45.6 Å². The number of hydrogen-bond donors (Lipinski definition) is 1. The fraction of sp³-hybridized carbons (Fsp3) is 0.529. The monoisotopic (exact) mass is 276 g/mol. The molecule has 1 aliphatic carbocycles. The Bertz CT molecular complexity index is 465. The lowest BCUT2D eigenvalue weighted by Gasteiger charge is -2.14. The number of aliphatic hydroxyl groups is 1. The molecule has 0 radical (unpaired) electrons. The van der Waals surface area contributed by atoms with E-state index in [-0.39, 0.29) is 6.10 Å². The molecule has 0 aromatic heterocycles. The van der Waals surface area contributed by atoms with Crippen molar-refractivity contribution in [2.24, 2.45) is 0 Å². The van der Waals surface area contributed by atoms with E-state index in [1.807, 2.05) is 32.1 Å². The number of aliphatic hydroxyl groups excluding tert-OH is 1. The molecule has 3 nitrogen and oxygen atoms in total. The molecular formula is C17H24O3. The number of rotatable bonds is 5. The van der Waals surface area contributed by atoms with Crippen LogP contribution in [0, 0.1) is 0 Å². The van der Waals surface area contributed by atoms with Crippen molar-refractivity contribution in [3.63, 3.8) is 0 Å². The Hall–Kier alpha value is -1.48. The van der Waals surface area contributed by atoms with E-state index < -0.39 is 0 Å². The predicted molar refractivity (Wildman–Crippen MR) is 81.2 cm³/mol. The maximum atomic E-state index is 9.90. The second kappa shape index (κ2) is 7.34. The Balaban J connectivity index is 2.29. The van der Waals surface area contributed by atoms with Crippen LogP contribution in [0.15, 0.2) is 24.3 Å². The molecule has 1 N–H and O–H groups in total.